The number of hydrogen-bond acceptors (Lipinski definition) is 3. The highest BCUT2D eigenvalue weighted by Gasteiger charge is 2.09. The van der Waals surface area contributed by atoms with Crippen molar-refractivity contribution in [3.8, 4) is 0 Å². The Labute approximate surface area is 56.4 Å². The zero-order chi connectivity index (χ0) is 7.56. The van der Waals surface area contributed by atoms with Crippen molar-refractivity contribution in [3.63, 3.8) is 0 Å². The van der Waals surface area contributed by atoms with Crippen molar-refractivity contribution in [3.05, 3.63) is 11.8 Å². The second kappa shape index (κ2) is 2.30. The first-order valence-corrected chi connectivity index (χ1v) is 2.49. The number of aromatic carboxylic acids is 1. The van der Waals surface area contributed by atoms with Crippen LogP contribution in [0.15, 0.2) is 11.2 Å². The van der Waals surface area contributed by atoms with Crippen LogP contribution in [0.5, 0.6) is 0 Å². The summed E-state index contributed by atoms with van der Waals surface area (Å²) in [6, 6.07) is 0. The zero-order valence-corrected chi connectivity index (χ0v) is 5.03. The molecule has 0 saturated heterocycles. The van der Waals surface area contributed by atoms with Crippen LogP contribution in [0.1, 0.15) is 10.4 Å². The molecule has 1 rings (SSSR count). The van der Waals surface area contributed by atoms with E-state index in [0.29, 0.717) is 0 Å². The Hall–Kier alpha value is -1.65. The maximum absolute atomic E-state index is 10.3. The molecule has 1 aromatic heterocycles. The van der Waals surface area contributed by atoms with Crippen molar-refractivity contribution in [1.82, 2.24) is 10.2 Å². The van der Waals surface area contributed by atoms with Crippen LogP contribution in [-0.2, 0) is 0 Å². The normalized spacial score (nSPS) is 9.20. The highest BCUT2D eigenvalue weighted by Crippen LogP contribution is 2.12. The van der Waals surface area contributed by atoms with E-state index < -0.39 is 5.97 Å². The number of aromatic nitrogens is 2. The molecule has 5 nitrogen and oxygen atoms in total. The Kier molecular flexibility index (Phi) is 1.49. The minimum absolute atomic E-state index is 0.0370. The molecule has 0 aliphatic rings. The molecule has 0 aliphatic heterocycles. The highest BCUT2D eigenvalue weighted by atomic mass is 16.4. The second-order valence-electron chi connectivity index (χ2n) is 1.60. The maximum atomic E-state index is 10.3. The summed E-state index contributed by atoms with van der Waals surface area (Å²) >= 11 is 0. The lowest BCUT2D eigenvalue weighted by atomic mass is 10.3. The van der Waals surface area contributed by atoms with Gasteiger partial charge in [-0.3, -0.25) is 5.10 Å². The van der Waals surface area contributed by atoms with E-state index in [1.54, 1.807) is 0 Å². The standard InChI is InChI=1S/C5H5N3O2/c1-6-4-3(5(9)10)2-7-8-4/h2H,1H2,(H,7,8)(H,9,10). The smallest absolute Gasteiger partial charge is 0.341 e. The van der Waals surface area contributed by atoms with Crippen LogP contribution < -0.4 is 0 Å². The van der Waals surface area contributed by atoms with Crippen molar-refractivity contribution in [2.24, 2.45) is 4.99 Å². The summed E-state index contributed by atoms with van der Waals surface area (Å²) < 4.78 is 0. The summed E-state index contributed by atoms with van der Waals surface area (Å²) in [4.78, 5) is 13.7. The summed E-state index contributed by atoms with van der Waals surface area (Å²) in [6.07, 6.45) is 1.19. The van der Waals surface area contributed by atoms with E-state index in [1.165, 1.54) is 6.20 Å². The van der Waals surface area contributed by atoms with Crippen molar-refractivity contribution >= 4 is 18.5 Å². The van der Waals surface area contributed by atoms with Gasteiger partial charge in [-0.15, -0.1) is 0 Å². The zero-order valence-electron chi connectivity index (χ0n) is 5.03. The number of rotatable bonds is 2. The third kappa shape index (κ3) is 0.883. The molecule has 52 valence electrons. The van der Waals surface area contributed by atoms with Crippen molar-refractivity contribution in [1.29, 1.82) is 0 Å². The van der Waals surface area contributed by atoms with Crippen molar-refractivity contribution < 1.29 is 9.90 Å². The fourth-order valence-electron chi connectivity index (χ4n) is 0.556. The Morgan fingerprint density at radius 3 is 3.00 bits per heavy atom. The van der Waals surface area contributed by atoms with Crippen LogP contribution in [0.25, 0.3) is 0 Å². The molecule has 2 N–H and O–H groups in total. The third-order valence-electron chi connectivity index (χ3n) is 1.01. The van der Waals surface area contributed by atoms with Gasteiger partial charge in [-0.25, -0.2) is 9.79 Å². The van der Waals surface area contributed by atoms with Gasteiger partial charge in [0.25, 0.3) is 0 Å². The molecule has 0 amide bonds. The van der Waals surface area contributed by atoms with Crippen LogP contribution in [0.3, 0.4) is 0 Å². The monoisotopic (exact) mass is 139 g/mol. The molecule has 0 aromatic carbocycles. The van der Waals surface area contributed by atoms with Crippen LogP contribution in [-0.4, -0.2) is 28.0 Å². The first-order valence-electron chi connectivity index (χ1n) is 2.49. The minimum atomic E-state index is -1.06. The predicted molar refractivity (Wildman–Crippen MR) is 34.8 cm³/mol. The van der Waals surface area contributed by atoms with E-state index in [4.69, 9.17) is 5.11 Å². The Morgan fingerprint density at radius 1 is 1.90 bits per heavy atom. The van der Waals surface area contributed by atoms with Crippen LogP contribution in [0.4, 0.5) is 5.82 Å². The Balaban J connectivity index is 3.13. The number of aliphatic imine (C=N–C) groups is 1. The molecule has 0 bridgehead atoms. The van der Waals surface area contributed by atoms with E-state index in [-0.39, 0.29) is 11.4 Å². The molecular weight excluding hydrogens is 134 g/mol. The SMILES string of the molecule is C=Nc1[nH]ncc1C(=O)O. The first kappa shape index (κ1) is 6.47. The van der Waals surface area contributed by atoms with Gasteiger partial charge in [-0.2, -0.15) is 5.10 Å². The number of aromatic amines is 1. The lowest BCUT2D eigenvalue weighted by Gasteiger charge is -1.86. The largest absolute Gasteiger partial charge is 0.477 e. The average Bonchev–Trinajstić information content (AvgIpc) is 2.33. The second-order valence-corrected chi connectivity index (χ2v) is 1.60. The van der Waals surface area contributed by atoms with Gasteiger partial charge in [0.15, 0.2) is 5.82 Å². The van der Waals surface area contributed by atoms with E-state index in [1.807, 2.05) is 0 Å². The summed E-state index contributed by atoms with van der Waals surface area (Å²) in [5.74, 6) is -0.872. The molecule has 1 heterocycles. The summed E-state index contributed by atoms with van der Waals surface area (Å²) in [7, 11) is 0. The summed E-state index contributed by atoms with van der Waals surface area (Å²) in [6.45, 7) is 3.16. The molecule has 0 atom stereocenters. The maximum Gasteiger partial charge on any atom is 0.341 e. The molecule has 10 heavy (non-hydrogen) atoms. The van der Waals surface area contributed by atoms with Gasteiger partial charge in [0, 0.05) is 0 Å². The van der Waals surface area contributed by atoms with Gasteiger partial charge in [0.05, 0.1) is 6.20 Å². The van der Waals surface area contributed by atoms with Gasteiger partial charge in [-0.05, 0) is 6.72 Å². The quantitative estimate of drug-likeness (QED) is 0.583. The summed E-state index contributed by atoms with van der Waals surface area (Å²) in [5, 5.41) is 14.3. The van der Waals surface area contributed by atoms with Crippen molar-refractivity contribution in [2.75, 3.05) is 0 Å². The van der Waals surface area contributed by atoms with Gasteiger partial charge < -0.3 is 5.11 Å². The highest BCUT2D eigenvalue weighted by molar-refractivity contribution is 5.92. The van der Waals surface area contributed by atoms with Crippen molar-refractivity contribution in [2.45, 2.75) is 0 Å². The number of nitrogens with one attached hydrogen (secondary N) is 1. The van der Waals surface area contributed by atoms with Gasteiger partial charge in [-0.1, -0.05) is 0 Å². The van der Waals surface area contributed by atoms with Crippen LogP contribution in [0, 0.1) is 0 Å². The van der Waals surface area contributed by atoms with E-state index in [2.05, 4.69) is 21.9 Å². The van der Waals surface area contributed by atoms with E-state index in [9.17, 15) is 4.79 Å². The molecule has 0 aliphatic carbocycles. The predicted octanol–water partition coefficient (Wildman–Crippen LogP) is 0.440. The number of nitrogens with zero attached hydrogens (tertiary/aromatic N) is 2. The molecule has 5 heteroatoms. The lowest BCUT2D eigenvalue weighted by Crippen LogP contribution is -1.92. The minimum Gasteiger partial charge on any atom is -0.477 e. The fraction of sp³-hybridized carbons (Fsp3) is 0. The lowest BCUT2D eigenvalue weighted by molar-refractivity contribution is 0.0698. The van der Waals surface area contributed by atoms with Crippen LogP contribution in [0.2, 0.25) is 0 Å². The van der Waals surface area contributed by atoms with Crippen LogP contribution >= 0.6 is 0 Å². The topological polar surface area (TPSA) is 78.3 Å². The number of H-pyrrole nitrogens is 1. The number of carbonyl (C=O) groups is 1. The van der Waals surface area contributed by atoms with E-state index >= 15 is 0 Å². The third-order valence-corrected chi connectivity index (χ3v) is 1.01. The Morgan fingerprint density at radius 2 is 2.60 bits per heavy atom. The molecule has 0 spiro atoms. The Bertz CT molecular complexity index is 266. The first-order chi connectivity index (χ1) is 4.75. The average molecular weight is 139 g/mol. The number of carboxylic acid groups (broad SMARTS) is 1. The number of carboxylic acids is 1. The van der Waals surface area contributed by atoms with Gasteiger partial charge in [0.2, 0.25) is 0 Å². The molecule has 0 unspecified atom stereocenters. The van der Waals surface area contributed by atoms with Gasteiger partial charge in [0.1, 0.15) is 5.56 Å². The fourth-order valence-corrected chi connectivity index (χ4v) is 0.556. The molecule has 0 radical (unpaired) electrons. The molecule has 1 aromatic rings. The number of hydrogen-bond donors (Lipinski definition) is 2. The molecule has 0 saturated carbocycles. The molecular formula is C5H5N3O2. The van der Waals surface area contributed by atoms with E-state index in [0.717, 1.165) is 0 Å². The molecule has 0 fully saturated rings. The summed E-state index contributed by atoms with van der Waals surface area (Å²) in [5.41, 5.74) is 0.0370. The van der Waals surface area contributed by atoms with Gasteiger partial charge >= 0.3 is 5.97 Å².